The first-order valence-electron chi connectivity index (χ1n) is 5.58. The van der Waals surface area contributed by atoms with Crippen LogP contribution < -0.4 is 10.9 Å². The van der Waals surface area contributed by atoms with Crippen molar-refractivity contribution in [2.24, 2.45) is 0 Å². The highest BCUT2D eigenvalue weighted by Gasteiger charge is 2.01. The topological polar surface area (TPSA) is 61.0 Å². The van der Waals surface area contributed by atoms with Crippen molar-refractivity contribution < 1.29 is 0 Å². The molecule has 0 bridgehead atoms. The van der Waals surface area contributed by atoms with E-state index in [-0.39, 0.29) is 5.56 Å². The Morgan fingerprint density at radius 1 is 1.56 bits per heavy atom. The molecule has 0 saturated heterocycles. The predicted molar refractivity (Wildman–Crippen MR) is 65.7 cm³/mol. The van der Waals surface area contributed by atoms with Gasteiger partial charge in [-0.2, -0.15) is 0 Å². The van der Waals surface area contributed by atoms with Gasteiger partial charge in [0, 0.05) is 18.7 Å². The van der Waals surface area contributed by atoms with E-state index in [1.807, 2.05) is 0 Å². The molecule has 1 aromatic rings. The normalized spacial score (nSPS) is 11.1. The van der Waals surface area contributed by atoms with Crippen molar-refractivity contribution >= 4 is 5.82 Å². The van der Waals surface area contributed by atoms with E-state index in [0.717, 1.165) is 19.5 Å². The molecule has 0 aromatic carbocycles. The number of nitrogens with zero attached hydrogens (tertiary/aromatic N) is 2. The van der Waals surface area contributed by atoms with E-state index in [1.165, 1.54) is 12.4 Å². The Morgan fingerprint density at radius 3 is 2.94 bits per heavy atom. The summed E-state index contributed by atoms with van der Waals surface area (Å²) < 4.78 is 0. The molecule has 0 atom stereocenters. The molecule has 5 nitrogen and oxygen atoms in total. The summed E-state index contributed by atoms with van der Waals surface area (Å²) >= 11 is 0. The Bertz CT molecular complexity index is 361. The molecule has 1 aromatic heterocycles. The van der Waals surface area contributed by atoms with E-state index in [9.17, 15) is 4.79 Å². The molecule has 0 aliphatic carbocycles. The van der Waals surface area contributed by atoms with Crippen LogP contribution in [-0.4, -0.2) is 41.0 Å². The third-order valence-electron chi connectivity index (χ3n) is 2.55. The molecule has 5 heteroatoms. The van der Waals surface area contributed by atoms with E-state index in [0.29, 0.717) is 11.9 Å². The molecule has 0 aliphatic rings. The van der Waals surface area contributed by atoms with Crippen molar-refractivity contribution in [1.82, 2.24) is 14.9 Å². The van der Waals surface area contributed by atoms with Crippen LogP contribution in [0, 0.1) is 0 Å². The van der Waals surface area contributed by atoms with Gasteiger partial charge in [-0.15, -0.1) is 0 Å². The van der Waals surface area contributed by atoms with Crippen LogP contribution in [0.3, 0.4) is 0 Å². The van der Waals surface area contributed by atoms with Gasteiger partial charge >= 0.3 is 0 Å². The maximum Gasteiger partial charge on any atom is 0.252 e. The van der Waals surface area contributed by atoms with Crippen molar-refractivity contribution in [3.05, 3.63) is 22.7 Å². The summed E-state index contributed by atoms with van der Waals surface area (Å²) in [6.07, 6.45) is 2.44. The van der Waals surface area contributed by atoms with Gasteiger partial charge in [0.25, 0.3) is 5.56 Å². The van der Waals surface area contributed by atoms with Gasteiger partial charge in [0.2, 0.25) is 0 Å². The fraction of sp³-hybridized carbons (Fsp3) is 0.636. The van der Waals surface area contributed by atoms with Gasteiger partial charge in [-0.3, -0.25) is 4.79 Å². The summed E-state index contributed by atoms with van der Waals surface area (Å²) in [7, 11) is 2.11. The van der Waals surface area contributed by atoms with Crippen LogP contribution in [0.5, 0.6) is 0 Å². The molecule has 0 saturated carbocycles. The highest BCUT2D eigenvalue weighted by atomic mass is 16.1. The van der Waals surface area contributed by atoms with Crippen molar-refractivity contribution in [2.75, 3.05) is 25.5 Å². The minimum atomic E-state index is -0.128. The molecule has 1 heterocycles. The number of aromatic amines is 1. The quantitative estimate of drug-likeness (QED) is 0.705. The SMILES string of the molecule is CC(C)N(C)CCCNc1cc(=O)[nH]cn1. The molecule has 0 amide bonds. The highest BCUT2D eigenvalue weighted by Crippen LogP contribution is 1.98. The van der Waals surface area contributed by atoms with Gasteiger partial charge in [0.15, 0.2) is 0 Å². The number of nitrogens with one attached hydrogen (secondary N) is 2. The number of rotatable bonds is 6. The number of hydrogen-bond donors (Lipinski definition) is 2. The number of hydrogen-bond acceptors (Lipinski definition) is 4. The van der Waals surface area contributed by atoms with Gasteiger partial charge in [0.05, 0.1) is 6.33 Å². The fourth-order valence-electron chi connectivity index (χ4n) is 1.27. The lowest BCUT2D eigenvalue weighted by atomic mass is 10.3. The van der Waals surface area contributed by atoms with Crippen LogP contribution in [0.15, 0.2) is 17.2 Å². The largest absolute Gasteiger partial charge is 0.370 e. The van der Waals surface area contributed by atoms with Crippen LogP contribution in [0.25, 0.3) is 0 Å². The Balaban J connectivity index is 2.23. The smallest absolute Gasteiger partial charge is 0.252 e. The summed E-state index contributed by atoms with van der Waals surface area (Å²) in [5, 5.41) is 3.12. The molecule has 2 N–H and O–H groups in total. The summed E-state index contributed by atoms with van der Waals surface area (Å²) in [5.41, 5.74) is -0.128. The first kappa shape index (κ1) is 12.7. The number of anilines is 1. The Hall–Kier alpha value is -1.36. The van der Waals surface area contributed by atoms with E-state index in [1.54, 1.807) is 0 Å². The summed E-state index contributed by atoms with van der Waals surface area (Å²) in [6, 6.07) is 2.03. The zero-order valence-corrected chi connectivity index (χ0v) is 10.2. The summed E-state index contributed by atoms with van der Waals surface area (Å²) in [6.45, 7) is 6.21. The number of H-pyrrole nitrogens is 1. The third kappa shape index (κ3) is 4.44. The van der Waals surface area contributed by atoms with Crippen LogP contribution in [0.4, 0.5) is 5.82 Å². The minimum absolute atomic E-state index is 0.128. The maximum atomic E-state index is 11.0. The monoisotopic (exact) mass is 224 g/mol. The van der Waals surface area contributed by atoms with Crippen LogP contribution in [-0.2, 0) is 0 Å². The van der Waals surface area contributed by atoms with Gasteiger partial charge < -0.3 is 15.2 Å². The third-order valence-corrected chi connectivity index (χ3v) is 2.55. The molecule has 16 heavy (non-hydrogen) atoms. The lowest BCUT2D eigenvalue weighted by Crippen LogP contribution is -2.28. The van der Waals surface area contributed by atoms with Crippen molar-refractivity contribution in [3.8, 4) is 0 Å². The molecule has 0 unspecified atom stereocenters. The average molecular weight is 224 g/mol. The zero-order valence-electron chi connectivity index (χ0n) is 10.2. The zero-order chi connectivity index (χ0) is 12.0. The first-order chi connectivity index (χ1) is 7.59. The molecule has 0 fully saturated rings. The van der Waals surface area contributed by atoms with Gasteiger partial charge in [-0.05, 0) is 33.9 Å². The van der Waals surface area contributed by atoms with Crippen molar-refractivity contribution in [1.29, 1.82) is 0 Å². The highest BCUT2D eigenvalue weighted by molar-refractivity contribution is 5.31. The van der Waals surface area contributed by atoms with E-state index >= 15 is 0 Å². The summed E-state index contributed by atoms with van der Waals surface area (Å²) in [4.78, 5) is 19.8. The summed E-state index contributed by atoms with van der Waals surface area (Å²) in [5.74, 6) is 0.635. The molecule has 0 spiro atoms. The molecular weight excluding hydrogens is 204 g/mol. The Morgan fingerprint density at radius 2 is 2.31 bits per heavy atom. The average Bonchev–Trinajstić information content (AvgIpc) is 2.24. The van der Waals surface area contributed by atoms with Gasteiger partial charge in [-0.1, -0.05) is 0 Å². The van der Waals surface area contributed by atoms with Crippen molar-refractivity contribution in [3.63, 3.8) is 0 Å². The molecule has 90 valence electrons. The van der Waals surface area contributed by atoms with E-state index < -0.39 is 0 Å². The maximum absolute atomic E-state index is 11.0. The van der Waals surface area contributed by atoms with Gasteiger partial charge in [0.1, 0.15) is 5.82 Å². The van der Waals surface area contributed by atoms with E-state index in [2.05, 4.69) is 41.1 Å². The number of aromatic nitrogens is 2. The standard InChI is InChI=1S/C11H20N4O/c1-9(2)15(3)6-4-5-12-10-7-11(16)14-8-13-10/h7-9H,4-6H2,1-3H3,(H2,12,13,14,16). The lowest BCUT2D eigenvalue weighted by Gasteiger charge is -2.20. The van der Waals surface area contributed by atoms with Crippen LogP contribution in [0.2, 0.25) is 0 Å². The lowest BCUT2D eigenvalue weighted by molar-refractivity contribution is 0.273. The molecule has 0 radical (unpaired) electrons. The second-order valence-corrected chi connectivity index (χ2v) is 4.15. The molecule has 1 rings (SSSR count). The fourth-order valence-corrected chi connectivity index (χ4v) is 1.27. The molecular formula is C11H20N4O. The Kier molecular flexibility index (Phi) is 4.98. The van der Waals surface area contributed by atoms with E-state index in [4.69, 9.17) is 0 Å². The predicted octanol–water partition coefficient (Wildman–Crippen LogP) is 0.912. The van der Waals surface area contributed by atoms with Crippen LogP contribution >= 0.6 is 0 Å². The second-order valence-electron chi connectivity index (χ2n) is 4.15. The first-order valence-corrected chi connectivity index (χ1v) is 5.58. The van der Waals surface area contributed by atoms with Gasteiger partial charge in [-0.25, -0.2) is 4.98 Å². The van der Waals surface area contributed by atoms with Crippen molar-refractivity contribution in [2.45, 2.75) is 26.3 Å². The van der Waals surface area contributed by atoms with Crippen LogP contribution in [0.1, 0.15) is 20.3 Å². The second kappa shape index (κ2) is 6.27. The Labute approximate surface area is 95.9 Å². The molecule has 0 aliphatic heterocycles. The minimum Gasteiger partial charge on any atom is -0.370 e.